The van der Waals surface area contributed by atoms with Crippen LogP contribution in [-0.4, -0.2) is 54.7 Å². The molecule has 0 radical (unpaired) electrons. The van der Waals surface area contributed by atoms with E-state index < -0.39 is 31.8 Å². The molecule has 6 rings (SSSR count). The molecule has 2 aromatic carbocycles. The molecule has 102 heavy (non-hydrogen) atoms. The molecule has 0 bridgehead atoms. The van der Waals surface area contributed by atoms with Crippen molar-refractivity contribution in [1.82, 2.24) is 9.80 Å². The van der Waals surface area contributed by atoms with Crippen LogP contribution >= 0.6 is 47.0 Å². The highest BCUT2D eigenvalue weighted by atomic mass is 32.2. The van der Waals surface area contributed by atoms with Gasteiger partial charge in [-0.1, -0.05) is 434 Å². The third kappa shape index (κ3) is 28.2. The van der Waals surface area contributed by atoms with Crippen LogP contribution in [0.2, 0.25) is 0 Å². The smallest absolute Gasteiger partial charge is 0.262 e. The quantitative estimate of drug-likeness (QED) is 0.0454. The third-order valence-electron chi connectivity index (χ3n) is 22.7. The summed E-state index contributed by atoms with van der Waals surface area (Å²) in [6, 6.07) is 8.93. The van der Waals surface area contributed by atoms with Gasteiger partial charge in [0.1, 0.15) is 24.3 Å². The number of rotatable bonds is 64. The molecule has 2 atom stereocenters. The molecular weight excluding hydrogens is 1330 g/mol. The minimum atomic E-state index is -1.74. The van der Waals surface area contributed by atoms with Gasteiger partial charge in [0.05, 0.1) is 22.3 Å². The fraction of sp³-hybridized carbons (Fsp3) is 0.795. The second-order valence-corrected chi connectivity index (χ2v) is 36.8. The Balaban J connectivity index is 1.16. The number of fused-ring (bicyclic) bond motifs is 6. The van der Waals surface area contributed by atoms with Gasteiger partial charge in [-0.05, 0) is 37.5 Å². The molecule has 0 N–H and O–H groups in total. The van der Waals surface area contributed by atoms with E-state index in [-0.39, 0.29) is 58.0 Å². The summed E-state index contributed by atoms with van der Waals surface area (Å²) in [6.07, 6.45) is 74.5. The fourth-order valence-electron chi connectivity index (χ4n) is 16.4. The SMILES string of the molecule is CCCCCCCCCCCCCCCCCCCCCCC(CCCCCCCCCC)CN1C(=O)c2c3c(c4c5c(c6c(c(c25)C1=O)SC(C#N)(C#N)S6)C(=O)N(CC(CCCCCCCCCC)CCCCCCCCCCCCCCCCCCCCCC)C4=O)SC(C#N)(C#N)S3. The number of imide groups is 2. The van der Waals surface area contributed by atoms with Crippen LogP contribution in [0, 0.1) is 57.2 Å². The molecule has 10 nitrogen and oxygen atoms in total. The van der Waals surface area contributed by atoms with Crippen LogP contribution in [0.4, 0.5) is 0 Å². The zero-order chi connectivity index (χ0) is 72.9. The van der Waals surface area contributed by atoms with E-state index in [9.17, 15) is 21.0 Å². The molecule has 0 aromatic heterocycles. The Kier molecular flexibility index (Phi) is 44.1. The van der Waals surface area contributed by atoms with Crippen LogP contribution in [0.3, 0.4) is 0 Å². The lowest BCUT2D eigenvalue weighted by Gasteiger charge is -2.36. The molecule has 2 unspecified atom stereocenters. The summed E-state index contributed by atoms with van der Waals surface area (Å²) in [5, 5.41) is 43.9. The summed E-state index contributed by atoms with van der Waals surface area (Å²) in [5.41, 5.74) is 0.538. The van der Waals surface area contributed by atoms with Gasteiger partial charge in [-0.15, -0.1) is 0 Å². The Morgan fingerprint density at radius 2 is 0.402 bits per heavy atom. The van der Waals surface area contributed by atoms with Gasteiger partial charge in [-0.25, -0.2) is 0 Å². The van der Waals surface area contributed by atoms with Gasteiger partial charge >= 0.3 is 0 Å². The maximum Gasteiger partial charge on any atom is 0.262 e. The standard InChI is InChI=1S/C88H138N6O4S4/c1-5-9-13-17-21-25-27-29-31-33-35-37-39-41-43-45-47-51-55-59-63-71(61-57-53-49-23-19-15-11-7-3)65-93-83(95)75-73-74-77(81-79(75)99-87(67-89,68-90)101-81)85(97)94(86(98)78(74)82-80(76(73)84(93)96)100-88(69-91,70-92)102-82)66-72(62-58-54-50-24-20-16-12-8-4)64-60-56-52-48-46-44-42-40-38-36-34-32-30-28-26-22-18-14-10-6-2/h71-72H,5-66H2,1-4H3. The Labute approximate surface area is 639 Å². The number of hydrogen-bond donors (Lipinski definition) is 0. The summed E-state index contributed by atoms with van der Waals surface area (Å²) in [4.78, 5) is 67.4. The minimum absolute atomic E-state index is 0.0156. The van der Waals surface area contributed by atoms with Crippen LogP contribution in [-0.2, 0) is 0 Å². The Bertz CT molecular complexity index is 2670. The van der Waals surface area contributed by atoms with Crippen LogP contribution in [0.1, 0.15) is 454 Å². The molecule has 0 spiro atoms. The van der Waals surface area contributed by atoms with Crippen LogP contribution in [0.15, 0.2) is 19.6 Å². The second kappa shape index (κ2) is 51.6. The number of hydrogen-bond acceptors (Lipinski definition) is 12. The first-order valence-corrected chi connectivity index (χ1v) is 46.2. The van der Waals surface area contributed by atoms with E-state index in [1.54, 1.807) is 0 Å². The summed E-state index contributed by atoms with van der Waals surface area (Å²) < 4.78 is -3.49. The van der Waals surface area contributed by atoms with Gasteiger partial charge in [-0.3, -0.25) is 29.0 Å². The van der Waals surface area contributed by atoms with E-state index in [1.165, 1.54) is 292 Å². The van der Waals surface area contributed by atoms with Crippen molar-refractivity contribution in [3.8, 4) is 24.3 Å². The highest BCUT2D eigenvalue weighted by Gasteiger charge is 2.55. The zero-order valence-corrected chi connectivity index (χ0v) is 68.2. The molecule has 0 aliphatic carbocycles. The van der Waals surface area contributed by atoms with Gasteiger partial charge < -0.3 is 0 Å². The zero-order valence-electron chi connectivity index (χ0n) is 64.9. The Hall–Kier alpha value is -3.66. The molecule has 14 heteroatoms. The number of unbranched alkanes of at least 4 members (excludes halogenated alkanes) is 52. The number of thioether (sulfide) groups is 4. The van der Waals surface area contributed by atoms with Crippen molar-refractivity contribution in [2.24, 2.45) is 11.8 Å². The summed E-state index contributed by atoms with van der Waals surface area (Å²) >= 11 is 3.84. The van der Waals surface area contributed by atoms with Crippen LogP contribution in [0.25, 0.3) is 10.8 Å². The largest absolute Gasteiger partial charge is 0.274 e. The first-order chi connectivity index (χ1) is 50.0. The normalized spacial score (nSPS) is 15.5. The highest BCUT2D eigenvalue weighted by Crippen LogP contribution is 2.65. The van der Waals surface area contributed by atoms with Crippen molar-refractivity contribution in [3.63, 3.8) is 0 Å². The van der Waals surface area contributed by atoms with E-state index in [0.717, 1.165) is 150 Å². The highest BCUT2D eigenvalue weighted by molar-refractivity contribution is 8.22. The number of amides is 4. The number of carbonyl (C=O) groups excluding carboxylic acids is 4. The topological polar surface area (TPSA) is 170 Å². The molecule has 4 amide bonds. The van der Waals surface area contributed by atoms with E-state index in [2.05, 4.69) is 52.0 Å². The lowest BCUT2D eigenvalue weighted by atomic mass is 9.84. The van der Waals surface area contributed by atoms with Crippen molar-refractivity contribution < 1.29 is 19.2 Å². The number of benzene rings is 2. The molecule has 0 saturated heterocycles. The average molecular weight is 1470 g/mol. The summed E-state index contributed by atoms with van der Waals surface area (Å²) in [6.45, 7) is 9.40. The van der Waals surface area contributed by atoms with Crippen molar-refractivity contribution >= 4 is 81.4 Å². The van der Waals surface area contributed by atoms with Crippen molar-refractivity contribution in [1.29, 1.82) is 21.0 Å². The summed E-state index contributed by atoms with van der Waals surface area (Å²) in [5.74, 6) is -2.15. The number of nitriles is 4. The van der Waals surface area contributed by atoms with Crippen LogP contribution < -0.4 is 0 Å². The van der Waals surface area contributed by atoms with E-state index in [4.69, 9.17) is 0 Å². The van der Waals surface area contributed by atoms with Crippen molar-refractivity contribution in [2.45, 2.75) is 441 Å². The predicted octanol–water partition coefficient (Wildman–Crippen LogP) is 28.6. The Morgan fingerprint density at radius 1 is 0.255 bits per heavy atom. The lowest BCUT2D eigenvalue weighted by Crippen LogP contribution is -2.46. The second-order valence-electron chi connectivity index (χ2n) is 31.4. The number of nitrogens with zero attached hydrogens (tertiary/aromatic N) is 6. The predicted molar refractivity (Wildman–Crippen MR) is 433 cm³/mol. The van der Waals surface area contributed by atoms with Crippen LogP contribution in [0.5, 0.6) is 0 Å². The first kappa shape index (κ1) is 87.3. The lowest BCUT2D eigenvalue weighted by molar-refractivity contribution is 0.0548. The van der Waals surface area contributed by atoms with Crippen molar-refractivity contribution in [3.05, 3.63) is 22.3 Å². The maximum absolute atomic E-state index is 15.8. The molecule has 4 aliphatic heterocycles. The molecule has 0 saturated carbocycles. The minimum Gasteiger partial charge on any atom is -0.274 e. The molecule has 2 aromatic rings. The van der Waals surface area contributed by atoms with E-state index in [0.29, 0.717) is 19.6 Å². The number of carbonyl (C=O) groups is 4. The molecule has 0 fully saturated rings. The van der Waals surface area contributed by atoms with Gasteiger partial charge in [0.2, 0.25) is 8.16 Å². The van der Waals surface area contributed by atoms with Gasteiger partial charge in [0, 0.05) is 43.4 Å². The molecule has 4 heterocycles. The van der Waals surface area contributed by atoms with Gasteiger partial charge in [0.25, 0.3) is 23.6 Å². The monoisotopic (exact) mass is 1470 g/mol. The molecular formula is C88H138N6O4S4. The summed E-state index contributed by atoms with van der Waals surface area (Å²) in [7, 11) is 0. The van der Waals surface area contributed by atoms with Gasteiger partial charge in [-0.2, -0.15) is 21.0 Å². The third-order valence-corrected chi connectivity index (χ3v) is 28.3. The van der Waals surface area contributed by atoms with E-state index >= 15 is 19.2 Å². The molecule has 4 aliphatic rings. The van der Waals surface area contributed by atoms with Gasteiger partial charge in [0.15, 0.2) is 0 Å². The first-order valence-electron chi connectivity index (χ1n) is 42.9. The Morgan fingerprint density at radius 3 is 0.549 bits per heavy atom. The van der Waals surface area contributed by atoms with E-state index in [1.807, 2.05) is 0 Å². The average Bonchev–Trinajstić information content (AvgIpc) is 1.35. The maximum atomic E-state index is 15.8. The van der Waals surface area contributed by atoms with Crippen molar-refractivity contribution in [2.75, 3.05) is 13.1 Å². The fourth-order valence-corrected chi connectivity index (χ4v) is 21.7. The molecule has 568 valence electrons.